The second-order valence-corrected chi connectivity index (χ2v) is 3.75. The van der Waals surface area contributed by atoms with E-state index in [1.165, 1.54) is 12.8 Å². The third kappa shape index (κ3) is 1.96. The molecule has 0 spiro atoms. The van der Waals surface area contributed by atoms with Crippen molar-refractivity contribution in [2.24, 2.45) is 0 Å². The minimum atomic E-state index is 0.399. The van der Waals surface area contributed by atoms with Gasteiger partial charge in [0.1, 0.15) is 11.6 Å². The molecule has 4 heteroatoms. The average Bonchev–Trinajstić information content (AvgIpc) is 2.18. The first kappa shape index (κ1) is 9.27. The van der Waals surface area contributed by atoms with E-state index < -0.39 is 0 Å². The van der Waals surface area contributed by atoms with Crippen molar-refractivity contribution in [1.29, 1.82) is 0 Å². The van der Waals surface area contributed by atoms with Crippen LogP contribution in [0.25, 0.3) is 0 Å². The zero-order chi connectivity index (χ0) is 9.97. The minimum absolute atomic E-state index is 0.399. The number of hydrogen-bond acceptors (Lipinski definition) is 4. The summed E-state index contributed by atoms with van der Waals surface area (Å²) >= 11 is 0. The van der Waals surface area contributed by atoms with Crippen molar-refractivity contribution >= 4 is 11.6 Å². The molecule has 1 atom stereocenters. The molecule has 0 aromatic carbocycles. The summed E-state index contributed by atoms with van der Waals surface area (Å²) in [7, 11) is 0. The number of aromatic nitrogens is 1. The number of rotatable bonds is 1. The van der Waals surface area contributed by atoms with Gasteiger partial charge in [-0.15, -0.1) is 0 Å². The first-order chi connectivity index (χ1) is 6.75. The maximum atomic E-state index is 5.65. The van der Waals surface area contributed by atoms with E-state index in [4.69, 9.17) is 11.5 Å². The Bertz CT molecular complexity index is 298. The third-order valence-corrected chi connectivity index (χ3v) is 2.60. The maximum absolute atomic E-state index is 5.65. The van der Waals surface area contributed by atoms with E-state index in [-0.39, 0.29) is 0 Å². The van der Waals surface area contributed by atoms with Crippen LogP contribution in [0.3, 0.4) is 0 Å². The van der Waals surface area contributed by atoms with Crippen molar-refractivity contribution in [2.45, 2.75) is 25.3 Å². The first-order valence-corrected chi connectivity index (χ1v) is 5.02. The number of piperidine rings is 1. The number of nitrogen functional groups attached to an aromatic ring is 2. The minimum Gasteiger partial charge on any atom is -0.384 e. The molecule has 76 valence electrons. The largest absolute Gasteiger partial charge is 0.384 e. The van der Waals surface area contributed by atoms with Crippen LogP contribution in [-0.4, -0.2) is 11.5 Å². The van der Waals surface area contributed by atoms with E-state index in [2.05, 4.69) is 10.3 Å². The Hall–Kier alpha value is -1.29. The van der Waals surface area contributed by atoms with E-state index in [0.29, 0.717) is 17.7 Å². The summed E-state index contributed by atoms with van der Waals surface area (Å²) in [6.45, 7) is 1.08. The molecule has 2 heterocycles. The molecule has 1 aliphatic heterocycles. The molecule has 1 aliphatic rings. The Morgan fingerprint density at radius 3 is 2.50 bits per heavy atom. The Morgan fingerprint density at radius 1 is 1.21 bits per heavy atom. The second-order valence-electron chi connectivity index (χ2n) is 3.75. The molecule has 0 radical (unpaired) electrons. The molecular formula is C10H16N4. The highest BCUT2D eigenvalue weighted by molar-refractivity contribution is 5.44. The molecule has 0 aliphatic carbocycles. The van der Waals surface area contributed by atoms with Crippen molar-refractivity contribution in [1.82, 2.24) is 10.3 Å². The molecule has 4 nitrogen and oxygen atoms in total. The van der Waals surface area contributed by atoms with Gasteiger partial charge in [0.25, 0.3) is 0 Å². The Morgan fingerprint density at radius 2 is 1.93 bits per heavy atom. The Kier molecular flexibility index (Phi) is 2.54. The maximum Gasteiger partial charge on any atom is 0.126 e. The summed E-state index contributed by atoms with van der Waals surface area (Å²) in [6, 6.07) is 4.20. The fourth-order valence-corrected chi connectivity index (χ4v) is 1.93. The fourth-order valence-electron chi connectivity index (χ4n) is 1.93. The summed E-state index contributed by atoms with van der Waals surface area (Å²) in [4.78, 5) is 3.96. The van der Waals surface area contributed by atoms with Gasteiger partial charge in [-0.05, 0) is 37.1 Å². The smallest absolute Gasteiger partial charge is 0.126 e. The van der Waals surface area contributed by atoms with Crippen LogP contribution in [0.15, 0.2) is 12.1 Å². The number of nitrogens with one attached hydrogen (secondary N) is 1. The lowest BCUT2D eigenvalue weighted by molar-refractivity contribution is 0.412. The number of nitrogens with two attached hydrogens (primary N) is 2. The van der Waals surface area contributed by atoms with Crippen molar-refractivity contribution in [3.05, 3.63) is 17.7 Å². The molecule has 5 N–H and O–H groups in total. The molecule has 0 bridgehead atoms. The van der Waals surface area contributed by atoms with Crippen LogP contribution >= 0.6 is 0 Å². The first-order valence-electron chi connectivity index (χ1n) is 5.02. The Balaban J connectivity index is 2.21. The lowest BCUT2D eigenvalue weighted by Crippen LogP contribution is -2.27. The van der Waals surface area contributed by atoms with Crippen molar-refractivity contribution < 1.29 is 0 Å². The van der Waals surface area contributed by atoms with Gasteiger partial charge in [-0.1, -0.05) is 6.42 Å². The average molecular weight is 192 g/mol. The van der Waals surface area contributed by atoms with Gasteiger partial charge in [0, 0.05) is 6.04 Å². The SMILES string of the molecule is Nc1cc(C2CCCCN2)cc(N)n1. The van der Waals surface area contributed by atoms with Crippen molar-refractivity contribution in [3.63, 3.8) is 0 Å². The molecule has 0 saturated carbocycles. The number of nitrogens with zero attached hydrogens (tertiary/aromatic N) is 1. The van der Waals surface area contributed by atoms with E-state index >= 15 is 0 Å². The molecule has 0 amide bonds. The van der Waals surface area contributed by atoms with E-state index in [0.717, 1.165) is 18.5 Å². The van der Waals surface area contributed by atoms with Crippen LogP contribution in [0.5, 0.6) is 0 Å². The molecule has 1 unspecified atom stereocenters. The molecule has 2 rings (SSSR count). The molecular weight excluding hydrogens is 176 g/mol. The van der Waals surface area contributed by atoms with Gasteiger partial charge >= 0.3 is 0 Å². The number of anilines is 2. The lowest BCUT2D eigenvalue weighted by Gasteiger charge is -2.24. The quantitative estimate of drug-likeness (QED) is 0.621. The van der Waals surface area contributed by atoms with Crippen LogP contribution < -0.4 is 16.8 Å². The van der Waals surface area contributed by atoms with Gasteiger partial charge in [0.05, 0.1) is 0 Å². The van der Waals surface area contributed by atoms with Crippen LogP contribution in [0.2, 0.25) is 0 Å². The molecule has 1 aromatic heterocycles. The summed E-state index contributed by atoms with van der Waals surface area (Å²) in [5, 5.41) is 3.45. The molecule has 14 heavy (non-hydrogen) atoms. The van der Waals surface area contributed by atoms with Crippen LogP contribution in [0.1, 0.15) is 30.9 Å². The number of hydrogen-bond donors (Lipinski definition) is 3. The van der Waals surface area contributed by atoms with Crippen LogP contribution in [0, 0.1) is 0 Å². The van der Waals surface area contributed by atoms with Crippen LogP contribution in [0.4, 0.5) is 11.6 Å². The van der Waals surface area contributed by atoms with Crippen LogP contribution in [-0.2, 0) is 0 Å². The summed E-state index contributed by atoms with van der Waals surface area (Å²) < 4.78 is 0. The summed E-state index contributed by atoms with van der Waals surface area (Å²) in [5.74, 6) is 1.01. The second kappa shape index (κ2) is 3.84. The standard InChI is InChI=1S/C10H16N4/c11-9-5-7(6-10(12)14-9)8-3-1-2-4-13-8/h5-6,8,13H,1-4H2,(H4,11,12,14). The highest BCUT2D eigenvalue weighted by Gasteiger charge is 2.15. The Labute approximate surface area is 83.7 Å². The highest BCUT2D eigenvalue weighted by atomic mass is 14.9. The van der Waals surface area contributed by atoms with Gasteiger partial charge in [-0.3, -0.25) is 0 Å². The third-order valence-electron chi connectivity index (χ3n) is 2.60. The van der Waals surface area contributed by atoms with Gasteiger partial charge < -0.3 is 16.8 Å². The topological polar surface area (TPSA) is 77.0 Å². The predicted molar refractivity (Wildman–Crippen MR) is 57.7 cm³/mol. The zero-order valence-corrected chi connectivity index (χ0v) is 8.16. The predicted octanol–water partition coefficient (Wildman–Crippen LogP) is 1.06. The lowest BCUT2D eigenvalue weighted by atomic mass is 9.98. The fraction of sp³-hybridized carbons (Fsp3) is 0.500. The van der Waals surface area contributed by atoms with E-state index in [1.54, 1.807) is 0 Å². The number of pyridine rings is 1. The van der Waals surface area contributed by atoms with Gasteiger partial charge in [-0.25, -0.2) is 4.98 Å². The monoisotopic (exact) mass is 192 g/mol. The molecule has 1 saturated heterocycles. The van der Waals surface area contributed by atoms with E-state index in [1.807, 2.05) is 12.1 Å². The normalized spacial score (nSPS) is 22.1. The van der Waals surface area contributed by atoms with Gasteiger partial charge in [0.15, 0.2) is 0 Å². The summed E-state index contributed by atoms with van der Waals surface area (Å²) in [6.07, 6.45) is 3.68. The summed E-state index contributed by atoms with van der Waals surface area (Å²) in [5.41, 5.74) is 12.5. The van der Waals surface area contributed by atoms with E-state index in [9.17, 15) is 0 Å². The van der Waals surface area contributed by atoms with Gasteiger partial charge in [-0.2, -0.15) is 0 Å². The molecule has 1 aromatic rings. The zero-order valence-electron chi connectivity index (χ0n) is 8.16. The van der Waals surface area contributed by atoms with Crippen molar-refractivity contribution in [3.8, 4) is 0 Å². The van der Waals surface area contributed by atoms with Crippen molar-refractivity contribution in [2.75, 3.05) is 18.0 Å². The molecule has 1 fully saturated rings. The highest BCUT2D eigenvalue weighted by Crippen LogP contribution is 2.24. The van der Waals surface area contributed by atoms with Gasteiger partial charge in [0.2, 0.25) is 0 Å².